The summed E-state index contributed by atoms with van der Waals surface area (Å²) in [6, 6.07) is 0. The molecule has 10 rings (SSSR count). The van der Waals surface area contributed by atoms with Crippen molar-refractivity contribution in [2.75, 3.05) is 13.2 Å². The molecule has 8 aliphatic carbocycles. The minimum absolute atomic E-state index is 0. The fraction of sp³-hybridized carbons (Fsp3) is 0.913. The molecule has 58 heavy (non-hydrogen) atoms. The van der Waals surface area contributed by atoms with Gasteiger partial charge in [0.25, 0.3) is 0 Å². The molecule has 2 aliphatic heterocycles. The van der Waals surface area contributed by atoms with Crippen molar-refractivity contribution in [3.8, 4) is 0 Å². The van der Waals surface area contributed by atoms with E-state index in [0.29, 0.717) is 90.3 Å². The molecule has 8 bridgehead atoms. The normalized spacial score (nSPS) is 41.6. The van der Waals surface area contributed by atoms with E-state index in [1.807, 2.05) is 13.8 Å². The predicted molar refractivity (Wildman–Crippen MR) is 218 cm³/mol. The van der Waals surface area contributed by atoms with E-state index >= 15 is 0 Å². The molecule has 0 aromatic carbocycles. The minimum Gasteiger partial charge on any atom is -0.459 e. The van der Waals surface area contributed by atoms with Crippen LogP contribution in [0, 0.1) is 33.5 Å². The Hall–Kier alpha value is -2.28. The highest BCUT2D eigenvalue weighted by atomic mass is 16.7. The summed E-state index contributed by atoms with van der Waals surface area (Å²) in [7, 11) is 0. The summed E-state index contributed by atoms with van der Waals surface area (Å²) < 4.78 is 36.6. The van der Waals surface area contributed by atoms with Gasteiger partial charge in [0.05, 0.1) is 46.1 Å². The van der Waals surface area contributed by atoms with Crippen molar-refractivity contribution in [2.24, 2.45) is 33.5 Å². The summed E-state index contributed by atoms with van der Waals surface area (Å²) in [5.74, 6) is -1.69. The van der Waals surface area contributed by atoms with Gasteiger partial charge in [0.1, 0.15) is 11.2 Å². The molecule has 0 spiro atoms. The van der Waals surface area contributed by atoms with E-state index in [0.717, 1.165) is 25.7 Å². The Bertz CT molecular complexity index is 1460. The Morgan fingerprint density at radius 2 is 1.05 bits per heavy atom. The standard InChI is InChI=1S/C42H62O12.4CH4/c1-5-36(4,20-35(2,3)31(43)53-42-19-28-16-39(47,25-42)24-40(48,17-28)26-42)32(44)54-41-18-27-14-37(22-41,33(45)51-29-10-6-8-12-49-29)21-38(15-27,23-41)34(46)52-30-11-7-9-13-50-30;;;;/h27-30,47-48H,5-26H2,1-4H3;4*1H4. The molecule has 2 N–H and O–H groups in total. The van der Waals surface area contributed by atoms with Gasteiger partial charge < -0.3 is 38.6 Å². The lowest BCUT2D eigenvalue weighted by molar-refractivity contribution is -0.265. The third-order valence-electron chi connectivity index (χ3n) is 14.9. The van der Waals surface area contributed by atoms with Crippen molar-refractivity contribution in [1.29, 1.82) is 0 Å². The summed E-state index contributed by atoms with van der Waals surface area (Å²) in [6.07, 6.45) is 9.29. The first kappa shape index (κ1) is 48.4. The second-order valence-corrected chi connectivity index (χ2v) is 20.5. The lowest BCUT2D eigenvalue weighted by Crippen LogP contribution is -2.67. The fourth-order valence-corrected chi connectivity index (χ4v) is 13.4. The van der Waals surface area contributed by atoms with Crippen LogP contribution >= 0.6 is 0 Å². The first-order valence-corrected chi connectivity index (χ1v) is 20.9. The van der Waals surface area contributed by atoms with Crippen LogP contribution in [0.1, 0.15) is 186 Å². The smallest absolute Gasteiger partial charge is 0.314 e. The number of hydrogen-bond acceptors (Lipinski definition) is 12. The van der Waals surface area contributed by atoms with Crippen molar-refractivity contribution in [2.45, 2.75) is 221 Å². The maximum absolute atomic E-state index is 14.6. The van der Waals surface area contributed by atoms with E-state index in [1.54, 1.807) is 13.8 Å². The quantitative estimate of drug-likeness (QED) is 0.151. The lowest BCUT2D eigenvalue weighted by Gasteiger charge is -2.63. The van der Waals surface area contributed by atoms with Gasteiger partial charge in [0.2, 0.25) is 12.6 Å². The van der Waals surface area contributed by atoms with Gasteiger partial charge >= 0.3 is 23.9 Å². The predicted octanol–water partition coefficient (Wildman–Crippen LogP) is 8.50. The van der Waals surface area contributed by atoms with E-state index in [4.69, 9.17) is 28.4 Å². The zero-order valence-corrected chi connectivity index (χ0v) is 32.8. The van der Waals surface area contributed by atoms with Gasteiger partial charge in [-0.15, -0.1) is 0 Å². The third kappa shape index (κ3) is 8.74. The molecule has 0 aromatic heterocycles. The van der Waals surface area contributed by atoms with Gasteiger partial charge in [-0.2, -0.15) is 0 Å². The minimum atomic E-state index is -1.10. The number of esters is 4. The Morgan fingerprint density at radius 3 is 1.48 bits per heavy atom. The van der Waals surface area contributed by atoms with Gasteiger partial charge in [-0.05, 0) is 116 Å². The van der Waals surface area contributed by atoms with Gasteiger partial charge in [-0.3, -0.25) is 19.2 Å². The van der Waals surface area contributed by atoms with Crippen molar-refractivity contribution in [3.63, 3.8) is 0 Å². The molecule has 8 saturated carbocycles. The van der Waals surface area contributed by atoms with E-state index in [2.05, 4.69) is 0 Å². The first-order valence-electron chi connectivity index (χ1n) is 20.9. The Morgan fingerprint density at radius 1 is 0.603 bits per heavy atom. The van der Waals surface area contributed by atoms with Crippen molar-refractivity contribution in [1.82, 2.24) is 0 Å². The van der Waals surface area contributed by atoms with Crippen LogP contribution < -0.4 is 0 Å². The Kier molecular flexibility index (Phi) is 13.8. The summed E-state index contributed by atoms with van der Waals surface area (Å²) in [6.45, 7) is 8.33. The van der Waals surface area contributed by atoms with Crippen molar-refractivity contribution < 1.29 is 57.8 Å². The highest BCUT2D eigenvalue weighted by molar-refractivity contribution is 5.85. The van der Waals surface area contributed by atoms with Crippen LogP contribution in [0.25, 0.3) is 0 Å². The number of carbonyl (C=O) groups excluding carboxylic acids is 4. The summed E-state index contributed by atoms with van der Waals surface area (Å²) >= 11 is 0. The maximum atomic E-state index is 14.6. The van der Waals surface area contributed by atoms with Gasteiger partial charge in [0.15, 0.2) is 0 Å². The maximum Gasteiger partial charge on any atom is 0.314 e. The molecule has 7 atom stereocenters. The van der Waals surface area contributed by atoms with Crippen molar-refractivity contribution >= 4 is 23.9 Å². The van der Waals surface area contributed by atoms with Crippen LogP contribution in [0.2, 0.25) is 0 Å². The monoisotopic (exact) mass is 823 g/mol. The second-order valence-electron chi connectivity index (χ2n) is 20.5. The van der Waals surface area contributed by atoms with Crippen LogP contribution in [0.15, 0.2) is 0 Å². The number of aliphatic hydroxyl groups is 2. The van der Waals surface area contributed by atoms with Crippen LogP contribution in [-0.4, -0.2) is 82.3 Å². The van der Waals surface area contributed by atoms with E-state index in [-0.39, 0.29) is 67.2 Å². The molecular weight excluding hydrogens is 744 g/mol. The lowest BCUT2D eigenvalue weighted by atomic mass is 9.42. The van der Waals surface area contributed by atoms with E-state index < -0.39 is 80.5 Å². The fourth-order valence-electron chi connectivity index (χ4n) is 13.4. The van der Waals surface area contributed by atoms with Crippen molar-refractivity contribution in [3.05, 3.63) is 0 Å². The molecule has 0 aromatic rings. The molecule has 2 saturated heterocycles. The van der Waals surface area contributed by atoms with E-state index in [9.17, 15) is 29.4 Å². The molecule has 0 amide bonds. The number of hydrogen-bond donors (Lipinski definition) is 2. The number of rotatable bonds is 11. The van der Waals surface area contributed by atoms with Crippen LogP contribution in [0.3, 0.4) is 0 Å². The third-order valence-corrected chi connectivity index (χ3v) is 14.9. The van der Waals surface area contributed by atoms with Gasteiger partial charge in [-0.25, -0.2) is 0 Å². The molecule has 334 valence electrons. The number of carbonyl (C=O) groups is 4. The molecule has 12 nitrogen and oxygen atoms in total. The van der Waals surface area contributed by atoms with Gasteiger partial charge in [-0.1, -0.05) is 36.6 Å². The van der Waals surface area contributed by atoms with Crippen LogP contribution in [-0.2, 0) is 47.6 Å². The molecule has 7 unspecified atom stereocenters. The molecule has 12 heteroatoms. The topological polar surface area (TPSA) is 164 Å². The largest absolute Gasteiger partial charge is 0.459 e. The molecule has 2 heterocycles. The summed E-state index contributed by atoms with van der Waals surface area (Å²) in [5, 5.41) is 22.6. The molecular formula is C46H78O12. The summed E-state index contributed by atoms with van der Waals surface area (Å²) in [5.41, 5.74) is -8.39. The van der Waals surface area contributed by atoms with Gasteiger partial charge in [0, 0.05) is 44.9 Å². The Labute approximate surface area is 348 Å². The Balaban J connectivity index is 0.00000186. The van der Waals surface area contributed by atoms with E-state index in [1.165, 1.54) is 0 Å². The summed E-state index contributed by atoms with van der Waals surface area (Å²) in [4.78, 5) is 57.3. The zero-order valence-electron chi connectivity index (χ0n) is 32.8. The second kappa shape index (κ2) is 16.5. The van der Waals surface area contributed by atoms with Crippen LogP contribution in [0.4, 0.5) is 0 Å². The number of ether oxygens (including phenoxy) is 6. The highest BCUT2D eigenvalue weighted by Crippen LogP contribution is 2.69. The first-order chi connectivity index (χ1) is 25.3. The SMILES string of the molecule is C.C.C.C.CCC(C)(CC(C)(C)C(=O)OC12CC3CC(O)(CC(O)(C3)C1)C2)C(=O)OC12CC3CC(C(=O)OC4CCCCO4)(C1)CC(C(=O)OC1CCCCO1)(C3)C2. The van der Waals surface area contributed by atoms with Crippen LogP contribution in [0.5, 0.6) is 0 Å². The average molecular weight is 823 g/mol. The molecule has 10 aliphatic rings. The zero-order chi connectivity index (χ0) is 38.4. The molecule has 10 fully saturated rings. The average Bonchev–Trinajstić information content (AvgIpc) is 3.06. The highest BCUT2D eigenvalue weighted by Gasteiger charge is 2.71. The molecule has 0 radical (unpaired) electrons.